The van der Waals surface area contributed by atoms with Crippen LogP contribution in [0.15, 0.2) is 12.2 Å². The van der Waals surface area contributed by atoms with Gasteiger partial charge >= 0.3 is 0 Å². The number of terminal acetylenes is 1. The molecule has 1 N–H and O–H groups in total. The van der Waals surface area contributed by atoms with Crippen LogP contribution in [0.5, 0.6) is 0 Å². The Balaban J connectivity index is 1.74. The molecule has 192 valence electrons. The highest BCUT2D eigenvalue weighted by atomic mass is 16.2. The van der Waals surface area contributed by atoms with Crippen LogP contribution in [0, 0.1) is 69.5 Å². The molecular weight excluding hydrogens is 412 g/mol. The van der Waals surface area contributed by atoms with Crippen molar-refractivity contribution in [3.8, 4) is 12.3 Å². The second-order valence-corrected chi connectivity index (χ2v) is 14.3. The molecule has 34 heavy (non-hydrogen) atoms. The van der Waals surface area contributed by atoms with E-state index in [2.05, 4.69) is 54.0 Å². The van der Waals surface area contributed by atoms with Crippen LogP contribution in [0.2, 0.25) is 0 Å². The van der Waals surface area contributed by atoms with Gasteiger partial charge in [-0.3, -0.25) is 0 Å². The molecule has 0 spiro atoms. The number of fused-ring (bicyclic) bond motifs is 3. The van der Waals surface area contributed by atoms with Crippen LogP contribution in [-0.4, -0.2) is 11.7 Å². The van der Waals surface area contributed by atoms with E-state index in [1.54, 1.807) is 0 Å². The highest BCUT2D eigenvalue weighted by molar-refractivity contribution is 5.21. The molecule has 4 fully saturated rings. The van der Waals surface area contributed by atoms with E-state index in [9.17, 15) is 5.11 Å². The molecule has 0 amide bonds. The van der Waals surface area contributed by atoms with Gasteiger partial charge in [-0.05, 0) is 130 Å². The molecule has 0 aromatic heterocycles. The van der Waals surface area contributed by atoms with E-state index in [-0.39, 0.29) is 5.41 Å². The number of aliphatic hydroxyl groups excluding tert-OH is 1. The molecular formula is C33H54O. The number of hydrogen-bond donors (Lipinski definition) is 1. The van der Waals surface area contributed by atoms with E-state index < -0.39 is 0 Å². The lowest BCUT2D eigenvalue weighted by atomic mass is 9.33. The third kappa shape index (κ3) is 3.67. The van der Waals surface area contributed by atoms with Crippen LogP contribution in [0.3, 0.4) is 0 Å². The summed E-state index contributed by atoms with van der Waals surface area (Å²) >= 11 is 0. The minimum atomic E-state index is 0.0367. The third-order valence-corrected chi connectivity index (χ3v) is 13.2. The van der Waals surface area contributed by atoms with E-state index in [0.717, 1.165) is 36.5 Å². The van der Waals surface area contributed by atoms with Crippen molar-refractivity contribution in [2.45, 2.75) is 119 Å². The Labute approximate surface area is 211 Å². The lowest BCUT2D eigenvalue weighted by Gasteiger charge is -2.71. The molecule has 0 aromatic rings. The van der Waals surface area contributed by atoms with E-state index in [1.807, 2.05) is 0 Å². The molecule has 1 heteroatoms. The quantitative estimate of drug-likeness (QED) is 0.236. The van der Waals surface area contributed by atoms with Gasteiger partial charge in [0.2, 0.25) is 0 Å². The lowest BCUT2D eigenvalue weighted by molar-refractivity contribution is -0.218. The van der Waals surface area contributed by atoms with Gasteiger partial charge in [0, 0.05) is 12.0 Å². The fourth-order valence-electron chi connectivity index (χ4n) is 10.9. The molecule has 4 aliphatic carbocycles. The molecule has 4 aliphatic rings. The van der Waals surface area contributed by atoms with Gasteiger partial charge in [-0.1, -0.05) is 58.6 Å². The average Bonchev–Trinajstić information content (AvgIpc) is 3.28. The van der Waals surface area contributed by atoms with Crippen LogP contribution < -0.4 is 0 Å². The van der Waals surface area contributed by atoms with Gasteiger partial charge in [-0.25, -0.2) is 0 Å². The monoisotopic (exact) mass is 466 g/mol. The maximum Gasteiger partial charge on any atom is 0.0431 e. The Bertz CT molecular complexity index is 806. The number of rotatable bonds is 6. The molecule has 4 saturated carbocycles. The zero-order valence-electron chi connectivity index (χ0n) is 23.4. The molecule has 0 saturated heterocycles. The van der Waals surface area contributed by atoms with Crippen molar-refractivity contribution in [1.82, 2.24) is 0 Å². The SMILES string of the molecule is C#C[C@@]1(C)C2CC[C@]3(C)C(CCC(C4CCC[C@H]4C(=C)C)[C@@]3(C)CCCCO)C2(C)CC[C@@H]1C. The van der Waals surface area contributed by atoms with Crippen molar-refractivity contribution >= 4 is 0 Å². The van der Waals surface area contributed by atoms with Gasteiger partial charge in [-0.2, -0.15) is 0 Å². The maximum atomic E-state index is 9.64. The summed E-state index contributed by atoms with van der Waals surface area (Å²) < 4.78 is 0. The van der Waals surface area contributed by atoms with Gasteiger partial charge in [0.1, 0.15) is 0 Å². The van der Waals surface area contributed by atoms with Crippen molar-refractivity contribution in [3.05, 3.63) is 12.2 Å². The molecule has 0 radical (unpaired) electrons. The van der Waals surface area contributed by atoms with E-state index in [1.165, 1.54) is 69.8 Å². The number of aliphatic hydroxyl groups is 1. The second-order valence-electron chi connectivity index (χ2n) is 14.3. The minimum absolute atomic E-state index is 0.0367. The summed E-state index contributed by atoms with van der Waals surface area (Å²) in [6.07, 6.45) is 21.8. The summed E-state index contributed by atoms with van der Waals surface area (Å²) in [5.74, 6) is 7.72. The summed E-state index contributed by atoms with van der Waals surface area (Å²) in [7, 11) is 0. The molecule has 10 atom stereocenters. The summed E-state index contributed by atoms with van der Waals surface area (Å²) in [6.45, 7) is 20.0. The van der Waals surface area contributed by atoms with Gasteiger partial charge in [-0.15, -0.1) is 6.42 Å². The van der Waals surface area contributed by atoms with Crippen molar-refractivity contribution < 1.29 is 5.11 Å². The number of unbranched alkanes of at least 4 members (excludes halogenated alkanes) is 1. The summed E-state index contributed by atoms with van der Waals surface area (Å²) in [4.78, 5) is 0. The van der Waals surface area contributed by atoms with E-state index in [4.69, 9.17) is 6.42 Å². The van der Waals surface area contributed by atoms with Crippen molar-refractivity contribution in [2.75, 3.05) is 6.61 Å². The highest BCUT2D eigenvalue weighted by Gasteiger charge is 2.67. The topological polar surface area (TPSA) is 20.2 Å². The van der Waals surface area contributed by atoms with Crippen molar-refractivity contribution in [3.63, 3.8) is 0 Å². The number of allylic oxidation sites excluding steroid dienone is 1. The minimum Gasteiger partial charge on any atom is -0.396 e. The zero-order chi connectivity index (χ0) is 24.9. The smallest absolute Gasteiger partial charge is 0.0431 e. The molecule has 4 rings (SSSR count). The third-order valence-electron chi connectivity index (χ3n) is 13.2. The van der Waals surface area contributed by atoms with Crippen LogP contribution in [0.25, 0.3) is 0 Å². The maximum absolute atomic E-state index is 9.64. The van der Waals surface area contributed by atoms with Crippen LogP contribution in [-0.2, 0) is 0 Å². The van der Waals surface area contributed by atoms with Crippen molar-refractivity contribution in [1.29, 1.82) is 0 Å². The Hall–Kier alpha value is -0.740. The Morgan fingerprint density at radius 1 is 0.971 bits per heavy atom. The molecule has 0 heterocycles. The Morgan fingerprint density at radius 3 is 2.35 bits per heavy atom. The molecule has 0 aliphatic heterocycles. The normalized spacial score (nSPS) is 50.8. The average molecular weight is 467 g/mol. The summed E-state index contributed by atoms with van der Waals surface area (Å²) in [6, 6.07) is 0. The van der Waals surface area contributed by atoms with Crippen molar-refractivity contribution in [2.24, 2.45) is 57.2 Å². The van der Waals surface area contributed by atoms with Crippen LogP contribution in [0.1, 0.15) is 119 Å². The number of hydrogen-bond acceptors (Lipinski definition) is 1. The lowest BCUT2D eigenvalue weighted by Crippen LogP contribution is -2.64. The van der Waals surface area contributed by atoms with Crippen LogP contribution in [0.4, 0.5) is 0 Å². The van der Waals surface area contributed by atoms with Gasteiger partial charge in [0.25, 0.3) is 0 Å². The summed E-state index contributed by atoms with van der Waals surface area (Å²) in [5.41, 5.74) is 2.50. The first-order valence-electron chi connectivity index (χ1n) is 14.7. The van der Waals surface area contributed by atoms with Gasteiger partial charge in [0.05, 0.1) is 0 Å². The first-order chi connectivity index (χ1) is 16.0. The standard InChI is InChI=1S/C33H54O/c1-9-30(5)24(4)17-20-31(6)28(30)18-21-33(8)29(31)16-15-27(32(33,7)19-10-11-22-34)26-14-12-13-25(26)23(2)3/h1,24-29,34H,2,10-22H2,3-8H3/t24-,25-,26?,27?,28?,29?,30+,31?,32+,33+/m0/s1. The molecule has 5 unspecified atom stereocenters. The predicted molar refractivity (Wildman–Crippen MR) is 145 cm³/mol. The summed E-state index contributed by atoms with van der Waals surface area (Å²) in [5, 5.41) is 9.64. The first-order valence-corrected chi connectivity index (χ1v) is 14.7. The molecule has 1 nitrogen and oxygen atoms in total. The molecule has 0 aromatic carbocycles. The second kappa shape index (κ2) is 9.29. The van der Waals surface area contributed by atoms with Gasteiger partial charge in [0.15, 0.2) is 0 Å². The van der Waals surface area contributed by atoms with E-state index in [0.29, 0.717) is 34.7 Å². The Morgan fingerprint density at radius 2 is 1.71 bits per heavy atom. The fraction of sp³-hybridized carbons (Fsp3) is 0.879. The zero-order valence-corrected chi connectivity index (χ0v) is 23.4. The van der Waals surface area contributed by atoms with Crippen LogP contribution >= 0.6 is 0 Å². The molecule has 0 bridgehead atoms. The largest absolute Gasteiger partial charge is 0.396 e. The fourth-order valence-corrected chi connectivity index (χ4v) is 10.9. The van der Waals surface area contributed by atoms with E-state index >= 15 is 0 Å². The first kappa shape index (κ1) is 26.3. The van der Waals surface area contributed by atoms with Gasteiger partial charge < -0.3 is 5.11 Å². The predicted octanol–water partition coefficient (Wildman–Crippen LogP) is 8.67. The Kier molecular flexibility index (Phi) is 7.19. The highest BCUT2D eigenvalue weighted by Crippen LogP contribution is 2.74.